The fourth-order valence-electron chi connectivity index (χ4n) is 2.70. The molecule has 2 heterocycles. The Morgan fingerprint density at radius 2 is 1.93 bits per heavy atom. The number of aromatic nitrogens is 2. The summed E-state index contributed by atoms with van der Waals surface area (Å²) in [5.74, 6) is -0.826. The Bertz CT molecular complexity index is 967. The Balaban J connectivity index is 0.000000687. The maximum absolute atomic E-state index is 9.61. The monoisotopic (exact) mass is 396 g/mol. The Hall–Kier alpha value is -3.68. The minimum Gasteiger partial charge on any atom is -0.506 e. The molecule has 0 unspecified atom stereocenters. The van der Waals surface area contributed by atoms with E-state index in [0.717, 1.165) is 61.2 Å². The zero-order valence-electron chi connectivity index (χ0n) is 16.1. The number of nitrogens with one attached hydrogen (secondary N) is 1. The summed E-state index contributed by atoms with van der Waals surface area (Å²) in [5.41, 5.74) is 3.22. The number of rotatable bonds is 7. The van der Waals surface area contributed by atoms with Crippen LogP contribution in [0.4, 0.5) is 5.69 Å². The Labute approximate surface area is 168 Å². The molecular weight excluding hydrogens is 372 g/mol. The molecule has 0 aliphatic carbocycles. The molecule has 0 amide bonds. The van der Waals surface area contributed by atoms with Gasteiger partial charge in [-0.3, -0.25) is 9.78 Å². The van der Waals surface area contributed by atoms with Gasteiger partial charge in [0.05, 0.1) is 11.7 Å². The predicted octanol–water partition coefficient (Wildman–Crippen LogP) is 3.67. The lowest BCUT2D eigenvalue weighted by Crippen LogP contribution is -2.03. The van der Waals surface area contributed by atoms with E-state index in [0.29, 0.717) is 0 Å². The second-order valence-corrected chi connectivity index (χ2v) is 6.23. The van der Waals surface area contributed by atoms with Gasteiger partial charge in [-0.15, -0.1) is 0 Å². The molecule has 0 bridgehead atoms. The number of carboxylic acids is 1. The van der Waals surface area contributed by atoms with Gasteiger partial charge >= 0.3 is 0 Å². The van der Waals surface area contributed by atoms with Crippen LogP contribution in [0.25, 0.3) is 10.9 Å². The summed E-state index contributed by atoms with van der Waals surface area (Å²) in [5, 5.41) is 33.1. The van der Waals surface area contributed by atoms with Crippen LogP contribution < -0.4 is 5.32 Å². The van der Waals surface area contributed by atoms with Crippen molar-refractivity contribution < 1.29 is 20.2 Å². The minimum absolute atomic E-state index is 0.00721. The van der Waals surface area contributed by atoms with Gasteiger partial charge in [0, 0.05) is 36.4 Å². The highest BCUT2D eigenvalue weighted by atomic mass is 16.4. The first kappa shape index (κ1) is 21.6. The number of pyridine rings is 2. The summed E-state index contributed by atoms with van der Waals surface area (Å²) in [6.07, 6.45) is 5.70. The molecule has 3 rings (SSSR count). The van der Waals surface area contributed by atoms with Crippen LogP contribution >= 0.6 is 0 Å². The first-order valence-electron chi connectivity index (χ1n) is 9.14. The van der Waals surface area contributed by atoms with Crippen LogP contribution in [-0.2, 0) is 11.2 Å². The highest BCUT2D eigenvalue weighted by Gasteiger charge is 2.04. The van der Waals surface area contributed by atoms with Crippen molar-refractivity contribution in [2.75, 3.05) is 11.9 Å². The van der Waals surface area contributed by atoms with E-state index in [1.54, 1.807) is 12.1 Å². The Kier molecular flexibility index (Phi) is 8.37. The molecule has 152 valence electrons. The van der Waals surface area contributed by atoms with E-state index in [1.807, 2.05) is 30.5 Å². The van der Waals surface area contributed by atoms with Crippen LogP contribution in [-0.4, -0.2) is 44.1 Å². The lowest BCUT2D eigenvalue weighted by atomic mass is 10.1. The van der Waals surface area contributed by atoms with Gasteiger partial charge in [0.1, 0.15) is 11.4 Å². The fourth-order valence-corrected chi connectivity index (χ4v) is 2.70. The molecule has 0 radical (unpaired) electrons. The van der Waals surface area contributed by atoms with Crippen molar-refractivity contribution in [3.8, 4) is 5.75 Å². The summed E-state index contributed by atoms with van der Waals surface area (Å²) in [4.78, 5) is 17.6. The molecule has 1 aromatic carbocycles. The summed E-state index contributed by atoms with van der Waals surface area (Å²) in [6, 6.07) is 13.4. The third-order valence-corrected chi connectivity index (χ3v) is 3.96. The van der Waals surface area contributed by atoms with Crippen molar-refractivity contribution in [2.45, 2.75) is 26.2 Å². The van der Waals surface area contributed by atoms with E-state index in [1.165, 1.54) is 0 Å². The van der Waals surface area contributed by atoms with Crippen LogP contribution in [0.5, 0.6) is 5.75 Å². The van der Waals surface area contributed by atoms with Crippen LogP contribution in [0, 0.1) is 0 Å². The van der Waals surface area contributed by atoms with Crippen LogP contribution in [0.15, 0.2) is 53.8 Å². The molecule has 3 aromatic rings. The van der Waals surface area contributed by atoms with Crippen molar-refractivity contribution in [1.29, 1.82) is 0 Å². The van der Waals surface area contributed by atoms with Gasteiger partial charge < -0.3 is 20.7 Å². The van der Waals surface area contributed by atoms with Gasteiger partial charge in [-0.1, -0.05) is 23.4 Å². The number of unbranched alkanes of at least 4 members (excludes halogenated alkanes) is 1. The number of oxime groups is 1. The maximum atomic E-state index is 9.61. The number of aliphatic carboxylic acids is 1. The zero-order chi connectivity index (χ0) is 21.1. The molecule has 0 fully saturated rings. The number of fused-ring (bicyclic) bond motifs is 1. The first-order valence-corrected chi connectivity index (χ1v) is 9.14. The van der Waals surface area contributed by atoms with Crippen molar-refractivity contribution >= 4 is 28.8 Å². The number of aromatic hydroxyl groups is 1. The number of hydrogen-bond donors (Lipinski definition) is 4. The zero-order valence-corrected chi connectivity index (χ0v) is 16.1. The number of carbonyl (C=O) groups is 1. The summed E-state index contributed by atoms with van der Waals surface area (Å²) >= 11 is 0. The maximum Gasteiger partial charge on any atom is 0.300 e. The number of hydrogen-bond acceptors (Lipinski definition) is 7. The van der Waals surface area contributed by atoms with Gasteiger partial charge in [0.25, 0.3) is 5.97 Å². The van der Waals surface area contributed by atoms with Crippen molar-refractivity contribution in [3.05, 3.63) is 60.0 Å². The lowest BCUT2D eigenvalue weighted by molar-refractivity contribution is -0.134. The molecule has 2 aromatic heterocycles. The van der Waals surface area contributed by atoms with E-state index in [4.69, 9.17) is 15.1 Å². The van der Waals surface area contributed by atoms with Crippen LogP contribution in [0.3, 0.4) is 0 Å². The molecule has 8 nitrogen and oxygen atoms in total. The topological polar surface area (TPSA) is 128 Å². The van der Waals surface area contributed by atoms with Crippen molar-refractivity contribution in [2.24, 2.45) is 5.16 Å². The molecular formula is C21H24N4O4. The molecule has 4 N–H and O–H groups in total. The Morgan fingerprint density at radius 3 is 2.69 bits per heavy atom. The molecule has 0 saturated heterocycles. The summed E-state index contributed by atoms with van der Waals surface area (Å²) < 4.78 is 0. The average molecular weight is 396 g/mol. The van der Waals surface area contributed by atoms with Crippen LogP contribution in [0.2, 0.25) is 0 Å². The smallest absolute Gasteiger partial charge is 0.300 e. The standard InChI is InChI=1S/C19H20N4O2.C2H4O2/c24-19-9-8-14(23-18(19)13-22-25)5-3-4-11-20-17-10-12-21-16-7-2-1-6-15(16)17;1-2(3)4/h1-2,6-10,12-13,24-25H,3-5,11H2,(H,20,21);1H3,(H,3,4)/b22-13+;. The largest absolute Gasteiger partial charge is 0.506 e. The Morgan fingerprint density at radius 1 is 1.17 bits per heavy atom. The summed E-state index contributed by atoms with van der Waals surface area (Å²) in [7, 11) is 0. The van der Waals surface area contributed by atoms with E-state index < -0.39 is 5.97 Å². The fraction of sp³-hybridized carbons (Fsp3) is 0.238. The van der Waals surface area contributed by atoms with E-state index in [-0.39, 0.29) is 11.4 Å². The lowest BCUT2D eigenvalue weighted by Gasteiger charge is -2.09. The third-order valence-electron chi connectivity index (χ3n) is 3.96. The molecule has 0 aliphatic heterocycles. The van der Waals surface area contributed by atoms with Gasteiger partial charge in [-0.2, -0.15) is 0 Å². The van der Waals surface area contributed by atoms with Crippen LogP contribution in [0.1, 0.15) is 31.2 Å². The molecule has 29 heavy (non-hydrogen) atoms. The quantitative estimate of drug-likeness (QED) is 0.208. The second-order valence-electron chi connectivity index (χ2n) is 6.23. The number of nitrogens with zero attached hydrogens (tertiary/aromatic N) is 3. The normalized spacial score (nSPS) is 10.5. The van der Waals surface area contributed by atoms with E-state index >= 15 is 0 Å². The van der Waals surface area contributed by atoms with Crippen molar-refractivity contribution in [3.63, 3.8) is 0 Å². The number of benzene rings is 1. The molecule has 0 atom stereocenters. The molecule has 0 spiro atoms. The minimum atomic E-state index is -0.833. The molecule has 0 aliphatic rings. The van der Waals surface area contributed by atoms with Gasteiger partial charge in [-0.25, -0.2) is 4.98 Å². The third kappa shape index (κ3) is 7.10. The number of carboxylic acid groups (broad SMARTS) is 1. The molecule has 0 saturated carbocycles. The predicted molar refractivity (Wildman–Crippen MR) is 112 cm³/mol. The highest BCUT2D eigenvalue weighted by molar-refractivity contribution is 5.90. The number of para-hydroxylation sites is 1. The van der Waals surface area contributed by atoms with Gasteiger partial charge in [0.15, 0.2) is 0 Å². The second kappa shape index (κ2) is 11.2. The van der Waals surface area contributed by atoms with Gasteiger partial charge in [0.2, 0.25) is 0 Å². The van der Waals surface area contributed by atoms with Crippen molar-refractivity contribution in [1.82, 2.24) is 9.97 Å². The number of anilines is 1. The van der Waals surface area contributed by atoms with E-state index in [2.05, 4.69) is 26.5 Å². The highest BCUT2D eigenvalue weighted by Crippen LogP contribution is 2.21. The average Bonchev–Trinajstić information content (AvgIpc) is 2.70. The van der Waals surface area contributed by atoms with Gasteiger partial charge in [-0.05, 0) is 43.5 Å². The molecule has 8 heteroatoms. The van der Waals surface area contributed by atoms with E-state index in [9.17, 15) is 5.11 Å². The first-order chi connectivity index (χ1) is 14.0. The SMILES string of the molecule is CC(=O)O.O/N=C/c1nc(CCCCNc2ccnc3ccccc23)ccc1O. The summed E-state index contributed by atoms with van der Waals surface area (Å²) in [6.45, 7) is 1.94. The number of aryl methyl sites for hydroxylation is 1.